The van der Waals surface area contributed by atoms with E-state index in [2.05, 4.69) is 21.7 Å². The standard InChI is InChI=1S/C26H31F3N6O4/c1-25(2,3)39-24(37)19-9-6-15(13-38-19)18(12-30)35-17-10-11-33-23(36)20(17)22(32)34-16-7-4-14(5-8-16)21(31)26(27,28)29/h4-5,7-8,10-11,15,18-19,21H,6,9,13,31H2,1-3H3,(H2,32,34)(H2,33,35,36)/t15-,18?,19?,21+/m0/s1. The zero-order valence-corrected chi connectivity index (χ0v) is 21.7. The van der Waals surface area contributed by atoms with E-state index in [1.807, 2.05) is 0 Å². The van der Waals surface area contributed by atoms with Crippen molar-refractivity contribution >= 4 is 23.2 Å². The quantitative estimate of drug-likeness (QED) is 0.198. The first kappa shape index (κ1) is 29.7. The molecule has 2 heterocycles. The second-order valence-corrected chi connectivity index (χ2v) is 10.2. The van der Waals surface area contributed by atoms with E-state index in [-0.39, 0.29) is 40.9 Å². The van der Waals surface area contributed by atoms with Gasteiger partial charge in [-0.3, -0.25) is 10.2 Å². The molecule has 1 saturated heterocycles. The summed E-state index contributed by atoms with van der Waals surface area (Å²) in [6, 6.07) is 5.70. The van der Waals surface area contributed by atoms with E-state index in [0.717, 1.165) is 0 Å². The Morgan fingerprint density at radius 1 is 1.23 bits per heavy atom. The van der Waals surface area contributed by atoms with Crippen LogP contribution in [-0.4, -0.2) is 47.3 Å². The summed E-state index contributed by atoms with van der Waals surface area (Å²) in [5, 5.41) is 24.0. The summed E-state index contributed by atoms with van der Waals surface area (Å²) in [4.78, 5) is 27.4. The predicted octanol–water partition coefficient (Wildman–Crippen LogP) is 3.82. The highest BCUT2D eigenvalue weighted by molar-refractivity contribution is 6.09. The number of alkyl halides is 3. The van der Waals surface area contributed by atoms with Crippen molar-refractivity contribution in [3.05, 3.63) is 58.0 Å². The van der Waals surface area contributed by atoms with Crippen molar-refractivity contribution in [2.24, 2.45) is 11.7 Å². The fourth-order valence-electron chi connectivity index (χ4n) is 4.03. The Kier molecular flexibility index (Phi) is 9.03. The Balaban J connectivity index is 1.70. The molecule has 1 aliphatic rings. The number of rotatable bonds is 7. The third-order valence-electron chi connectivity index (χ3n) is 6.00. The van der Waals surface area contributed by atoms with E-state index in [0.29, 0.717) is 12.8 Å². The Bertz CT molecular complexity index is 1270. The number of nitrogens with one attached hydrogen (secondary N) is 4. The summed E-state index contributed by atoms with van der Waals surface area (Å²) in [5.41, 5.74) is 4.17. The Morgan fingerprint density at radius 3 is 2.44 bits per heavy atom. The van der Waals surface area contributed by atoms with Crippen molar-refractivity contribution in [2.45, 2.75) is 63.6 Å². The van der Waals surface area contributed by atoms with Crippen LogP contribution in [0.1, 0.15) is 50.8 Å². The Morgan fingerprint density at radius 2 is 1.90 bits per heavy atom. The maximum Gasteiger partial charge on any atom is 0.407 e. The molecule has 0 aliphatic carbocycles. The van der Waals surface area contributed by atoms with Crippen LogP contribution in [0.2, 0.25) is 0 Å². The molecule has 2 aromatic rings. The maximum absolute atomic E-state index is 12.9. The van der Waals surface area contributed by atoms with Crippen LogP contribution in [0.3, 0.4) is 0 Å². The third-order valence-corrected chi connectivity index (χ3v) is 6.00. The van der Waals surface area contributed by atoms with Gasteiger partial charge >= 0.3 is 12.1 Å². The molecule has 1 aliphatic heterocycles. The summed E-state index contributed by atoms with van der Waals surface area (Å²) in [6.45, 7) is 5.39. The van der Waals surface area contributed by atoms with E-state index < -0.39 is 41.5 Å². The number of carbonyl (C=O) groups is 1. The molecule has 10 nitrogen and oxygen atoms in total. The van der Waals surface area contributed by atoms with Crippen molar-refractivity contribution in [1.82, 2.24) is 4.98 Å². The highest BCUT2D eigenvalue weighted by Crippen LogP contribution is 2.31. The lowest BCUT2D eigenvalue weighted by atomic mass is 9.91. The Labute approximate surface area is 223 Å². The summed E-state index contributed by atoms with van der Waals surface area (Å²) < 4.78 is 49.6. The van der Waals surface area contributed by atoms with Crippen LogP contribution in [0.4, 0.5) is 24.5 Å². The van der Waals surface area contributed by atoms with E-state index in [4.69, 9.17) is 20.6 Å². The van der Waals surface area contributed by atoms with Gasteiger partial charge in [0, 0.05) is 17.8 Å². The summed E-state index contributed by atoms with van der Waals surface area (Å²) >= 11 is 0. The molecule has 1 aromatic heterocycles. The molecular formula is C26H31F3N6O4. The lowest BCUT2D eigenvalue weighted by Crippen LogP contribution is -2.42. The normalized spacial score (nSPS) is 19.3. The van der Waals surface area contributed by atoms with Crippen molar-refractivity contribution in [2.75, 3.05) is 17.2 Å². The summed E-state index contributed by atoms with van der Waals surface area (Å²) in [6.07, 6.45) is -3.14. The fraction of sp³-hybridized carbons (Fsp3) is 0.462. The van der Waals surface area contributed by atoms with Gasteiger partial charge < -0.3 is 30.8 Å². The molecule has 4 atom stereocenters. The molecule has 1 aromatic carbocycles. The molecule has 0 radical (unpaired) electrons. The van der Waals surface area contributed by atoms with Crippen molar-refractivity contribution in [3.8, 4) is 6.07 Å². The second-order valence-electron chi connectivity index (χ2n) is 10.2. The number of esters is 1. The predicted molar refractivity (Wildman–Crippen MR) is 138 cm³/mol. The van der Waals surface area contributed by atoms with Gasteiger partial charge in [0.15, 0.2) is 6.10 Å². The molecule has 3 rings (SSSR count). The van der Waals surface area contributed by atoms with E-state index in [1.54, 1.807) is 20.8 Å². The van der Waals surface area contributed by atoms with E-state index in [1.165, 1.54) is 36.5 Å². The van der Waals surface area contributed by atoms with Crippen molar-refractivity contribution < 1.29 is 27.4 Å². The van der Waals surface area contributed by atoms with Crippen LogP contribution in [0.15, 0.2) is 41.3 Å². The van der Waals surface area contributed by atoms with Gasteiger partial charge in [0.1, 0.15) is 29.1 Å². The SMILES string of the molecule is CC(C)(C)OC(=O)C1CC[C@H](C(C#N)Nc2cc[nH]c(=O)c2C(=N)Nc2ccc([C@@H](N)C(F)(F)F)cc2)CO1. The summed E-state index contributed by atoms with van der Waals surface area (Å²) in [7, 11) is 0. The molecular weight excluding hydrogens is 517 g/mol. The van der Waals surface area contributed by atoms with Gasteiger partial charge in [0.2, 0.25) is 0 Å². The topological polar surface area (TPSA) is 166 Å². The minimum atomic E-state index is -4.60. The number of amidine groups is 1. The van der Waals surface area contributed by atoms with Gasteiger partial charge in [-0.05, 0) is 57.4 Å². The van der Waals surface area contributed by atoms with Crippen LogP contribution >= 0.6 is 0 Å². The molecule has 0 amide bonds. The number of ether oxygens (including phenoxy) is 2. The average Bonchev–Trinajstić information content (AvgIpc) is 2.86. The third kappa shape index (κ3) is 7.81. The number of anilines is 2. The number of pyridine rings is 1. The number of benzene rings is 1. The number of carbonyl (C=O) groups excluding carboxylic acids is 1. The molecule has 39 heavy (non-hydrogen) atoms. The average molecular weight is 549 g/mol. The van der Waals surface area contributed by atoms with Crippen LogP contribution in [0.5, 0.6) is 0 Å². The number of hydrogen-bond acceptors (Lipinski definition) is 8. The van der Waals surface area contributed by atoms with E-state index in [9.17, 15) is 28.0 Å². The minimum Gasteiger partial charge on any atom is -0.458 e. The fourth-order valence-corrected chi connectivity index (χ4v) is 4.03. The number of nitrogens with two attached hydrogens (primary N) is 1. The Hall–Kier alpha value is -3.89. The smallest absolute Gasteiger partial charge is 0.407 e. The number of halogens is 3. The van der Waals surface area contributed by atoms with Gasteiger partial charge in [0.25, 0.3) is 5.56 Å². The molecule has 210 valence electrons. The van der Waals surface area contributed by atoms with Gasteiger partial charge in [0.05, 0.1) is 18.4 Å². The number of nitrogens with zero attached hydrogens (tertiary/aromatic N) is 1. The zero-order valence-electron chi connectivity index (χ0n) is 21.7. The first-order valence-electron chi connectivity index (χ1n) is 12.2. The highest BCUT2D eigenvalue weighted by atomic mass is 19.4. The first-order chi connectivity index (χ1) is 18.2. The number of aromatic nitrogens is 1. The number of hydrogen-bond donors (Lipinski definition) is 5. The van der Waals surface area contributed by atoms with Gasteiger partial charge in [-0.1, -0.05) is 12.1 Å². The molecule has 6 N–H and O–H groups in total. The molecule has 0 saturated carbocycles. The first-order valence-corrected chi connectivity index (χ1v) is 12.2. The number of aromatic amines is 1. The lowest BCUT2D eigenvalue weighted by molar-refractivity contribution is -0.173. The van der Waals surface area contributed by atoms with Crippen LogP contribution in [-0.2, 0) is 14.3 Å². The van der Waals surface area contributed by atoms with Crippen LogP contribution < -0.4 is 21.9 Å². The van der Waals surface area contributed by atoms with Crippen molar-refractivity contribution in [3.63, 3.8) is 0 Å². The largest absolute Gasteiger partial charge is 0.458 e. The monoisotopic (exact) mass is 548 g/mol. The molecule has 2 unspecified atom stereocenters. The molecule has 0 bridgehead atoms. The van der Waals surface area contributed by atoms with Gasteiger partial charge in [-0.25, -0.2) is 4.79 Å². The highest BCUT2D eigenvalue weighted by Gasteiger charge is 2.38. The van der Waals surface area contributed by atoms with Crippen LogP contribution in [0, 0.1) is 22.7 Å². The van der Waals surface area contributed by atoms with Crippen LogP contribution in [0.25, 0.3) is 0 Å². The number of nitriles is 1. The second kappa shape index (κ2) is 11.9. The number of H-pyrrole nitrogens is 1. The molecule has 13 heteroatoms. The molecule has 0 spiro atoms. The lowest BCUT2D eigenvalue weighted by Gasteiger charge is -2.32. The maximum atomic E-state index is 12.9. The van der Waals surface area contributed by atoms with Gasteiger partial charge in [-0.15, -0.1) is 0 Å². The van der Waals surface area contributed by atoms with E-state index >= 15 is 0 Å². The zero-order chi connectivity index (χ0) is 29.0. The summed E-state index contributed by atoms with van der Waals surface area (Å²) in [5.74, 6) is -1.12. The minimum absolute atomic E-state index is 0.0998. The molecule has 1 fully saturated rings. The van der Waals surface area contributed by atoms with Gasteiger partial charge in [-0.2, -0.15) is 18.4 Å². The van der Waals surface area contributed by atoms with Crippen molar-refractivity contribution in [1.29, 1.82) is 10.7 Å².